The molecular formula is C24H29N3O4S. The van der Waals surface area contributed by atoms with Crippen LogP contribution in [0.4, 0.5) is 11.4 Å². The van der Waals surface area contributed by atoms with E-state index in [0.717, 1.165) is 30.4 Å². The largest absolute Gasteiger partial charge is 0.324 e. The summed E-state index contributed by atoms with van der Waals surface area (Å²) >= 11 is 0. The van der Waals surface area contributed by atoms with Crippen molar-refractivity contribution in [3.05, 3.63) is 53.6 Å². The average molecular weight is 456 g/mol. The van der Waals surface area contributed by atoms with Gasteiger partial charge < -0.3 is 10.2 Å². The summed E-state index contributed by atoms with van der Waals surface area (Å²) in [5, 5.41) is 2.86. The molecule has 2 heterocycles. The van der Waals surface area contributed by atoms with Gasteiger partial charge in [-0.05, 0) is 68.5 Å². The summed E-state index contributed by atoms with van der Waals surface area (Å²) in [7, 11) is -3.59. The zero-order valence-corrected chi connectivity index (χ0v) is 19.3. The number of carbonyl (C=O) groups is 2. The number of anilines is 2. The van der Waals surface area contributed by atoms with Crippen LogP contribution in [0.25, 0.3) is 0 Å². The standard InChI is InChI=1S/C24H29N3O4S/c1-17-7-3-4-9-21(17)25-23(28)16-26-22-12-11-20(15-19(22)10-13-24(26)29)32(30,31)27-14-6-5-8-18(27)2/h3-4,7,9,11-12,15,18H,5-6,8,10,13-14,16H2,1-2H3,(H,25,28). The third-order valence-corrected chi connectivity index (χ3v) is 8.33. The Labute approximate surface area is 189 Å². The van der Waals surface area contributed by atoms with Crippen LogP contribution >= 0.6 is 0 Å². The molecule has 2 amide bonds. The first-order valence-corrected chi connectivity index (χ1v) is 12.5. The van der Waals surface area contributed by atoms with Crippen LogP contribution in [0.2, 0.25) is 0 Å². The second-order valence-corrected chi connectivity index (χ2v) is 10.5. The highest BCUT2D eigenvalue weighted by Gasteiger charge is 2.33. The lowest BCUT2D eigenvalue weighted by Gasteiger charge is -2.33. The second-order valence-electron chi connectivity index (χ2n) is 8.59. The average Bonchev–Trinajstić information content (AvgIpc) is 2.77. The molecule has 32 heavy (non-hydrogen) atoms. The Balaban J connectivity index is 1.56. The number of nitrogens with one attached hydrogen (secondary N) is 1. The number of hydrogen-bond acceptors (Lipinski definition) is 4. The fraction of sp³-hybridized carbons (Fsp3) is 0.417. The van der Waals surface area contributed by atoms with Crippen LogP contribution in [0.15, 0.2) is 47.4 Å². The van der Waals surface area contributed by atoms with Crippen LogP contribution in [0, 0.1) is 6.92 Å². The highest BCUT2D eigenvalue weighted by atomic mass is 32.2. The molecule has 2 aromatic carbocycles. The van der Waals surface area contributed by atoms with E-state index >= 15 is 0 Å². The molecule has 1 fully saturated rings. The van der Waals surface area contributed by atoms with Gasteiger partial charge in [-0.25, -0.2) is 8.42 Å². The van der Waals surface area contributed by atoms with Gasteiger partial charge >= 0.3 is 0 Å². The highest BCUT2D eigenvalue weighted by molar-refractivity contribution is 7.89. The van der Waals surface area contributed by atoms with Crippen molar-refractivity contribution in [1.82, 2.24) is 4.31 Å². The third-order valence-electron chi connectivity index (χ3n) is 6.32. The number of hydrogen-bond donors (Lipinski definition) is 1. The summed E-state index contributed by atoms with van der Waals surface area (Å²) in [4.78, 5) is 27.0. The Morgan fingerprint density at radius 3 is 2.66 bits per heavy atom. The van der Waals surface area contributed by atoms with Crippen LogP contribution in [-0.2, 0) is 26.0 Å². The van der Waals surface area contributed by atoms with Gasteiger partial charge in [0.1, 0.15) is 6.54 Å². The first-order valence-electron chi connectivity index (χ1n) is 11.1. The van der Waals surface area contributed by atoms with Crippen LogP contribution in [-0.4, -0.2) is 43.7 Å². The molecule has 8 heteroatoms. The van der Waals surface area contributed by atoms with E-state index in [0.29, 0.717) is 24.3 Å². The highest BCUT2D eigenvalue weighted by Crippen LogP contribution is 2.32. The SMILES string of the molecule is Cc1ccccc1NC(=O)CN1C(=O)CCc2cc(S(=O)(=O)N3CCCCC3C)ccc21. The topological polar surface area (TPSA) is 86.8 Å². The molecule has 2 aromatic rings. The minimum Gasteiger partial charge on any atom is -0.324 e. The van der Waals surface area contributed by atoms with Crippen molar-refractivity contribution in [1.29, 1.82) is 0 Å². The van der Waals surface area contributed by atoms with Gasteiger partial charge in [-0.15, -0.1) is 0 Å². The lowest BCUT2D eigenvalue weighted by Crippen LogP contribution is -2.42. The molecule has 1 atom stereocenters. The molecular weight excluding hydrogens is 426 g/mol. The Kier molecular flexibility index (Phi) is 6.35. The minimum absolute atomic E-state index is 0.0204. The molecule has 7 nitrogen and oxygen atoms in total. The normalized spacial score (nSPS) is 19.5. The number of piperidine rings is 1. The van der Waals surface area contributed by atoms with E-state index in [2.05, 4.69) is 5.32 Å². The molecule has 0 spiro atoms. The lowest BCUT2D eigenvalue weighted by molar-refractivity contribution is -0.121. The number of amides is 2. The molecule has 4 rings (SSSR count). The van der Waals surface area contributed by atoms with Crippen molar-refractivity contribution in [3.8, 4) is 0 Å². The monoisotopic (exact) mass is 455 g/mol. The number of nitrogens with zero attached hydrogens (tertiary/aromatic N) is 2. The summed E-state index contributed by atoms with van der Waals surface area (Å²) in [6.07, 6.45) is 3.48. The number of fused-ring (bicyclic) bond motifs is 1. The quantitative estimate of drug-likeness (QED) is 0.748. The molecule has 0 aliphatic carbocycles. The maximum Gasteiger partial charge on any atom is 0.244 e. The molecule has 1 N–H and O–H groups in total. The number of benzene rings is 2. The van der Waals surface area contributed by atoms with Crippen molar-refractivity contribution in [2.75, 3.05) is 23.3 Å². The first-order chi connectivity index (χ1) is 15.3. The maximum atomic E-state index is 13.2. The van der Waals surface area contributed by atoms with Crippen molar-refractivity contribution >= 4 is 33.2 Å². The van der Waals surface area contributed by atoms with Crippen molar-refractivity contribution < 1.29 is 18.0 Å². The van der Waals surface area contributed by atoms with E-state index in [1.165, 1.54) is 4.90 Å². The lowest BCUT2D eigenvalue weighted by atomic mass is 10.0. The van der Waals surface area contributed by atoms with Crippen molar-refractivity contribution in [2.24, 2.45) is 0 Å². The van der Waals surface area contributed by atoms with E-state index in [9.17, 15) is 18.0 Å². The maximum absolute atomic E-state index is 13.2. The number of sulfonamides is 1. The molecule has 1 saturated heterocycles. The van der Waals surface area contributed by atoms with Crippen LogP contribution in [0.3, 0.4) is 0 Å². The third kappa shape index (κ3) is 4.42. The summed E-state index contributed by atoms with van der Waals surface area (Å²) in [6.45, 7) is 4.27. The summed E-state index contributed by atoms with van der Waals surface area (Å²) in [5.74, 6) is -0.433. The van der Waals surface area contributed by atoms with Crippen LogP contribution in [0.5, 0.6) is 0 Å². The van der Waals surface area contributed by atoms with Crippen molar-refractivity contribution in [2.45, 2.75) is 56.9 Å². The van der Waals surface area contributed by atoms with Gasteiger partial charge in [0.15, 0.2) is 0 Å². The summed E-state index contributed by atoms with van der Waals surface area (Å²) < 4.78 is 28.0. The zero-order valence-electron chi connectivity index (χ0n) is 18.5. The van der Waals surface area contributed by atoms with E-state index in [4.69, 9.17) is 0 Å². The Hall–Kier alpha value is -2.71. The fourth-order valence-corrected chi connectivity index (χ4v) is 6.23. The number of para-hydroxylation sites is 1. The van der Waals surface area contributed by atoms with E-state index < -0.39 is 10.0 Å². The van der Waals surface area contributed by atoms with E-state index in [-0.39, 0.29) is 35.7 Å². The molecule has 2 aliphatic heterocycles. The molecule has 0 aromatic heterocycles. The smallest absolute Gasteiger partial charge is 0.244 e. The van der Waals surface area contributed by atoms with Gasteiger partial charge in [-0.2, -0.15) is 4.31 Å². The van der Waals surface area contributed by atoms with Crippen LogP contribution in [0.1, 0.15) is 43.7 Å². The molecule has 0 bridgehead atoms. The number of carbonyl (C=O) groups excluding carboxylic acids is 2. The molecule has 2 aliphatic rings. The molecule has 0 saturated carbocycles. The minimum atomic E-state index is -3.59. The van der Waals surface area contributed by atoms with Crippen molar-refractivity contribution in [3.63, 3.8) is 0 Å². The molecule has 0 radical (unpaired) electrons. The molecule has 1 unspecified atom stereocenters. The van der Waals surface area contributed by atoms with Gasteiger partial charge in [0.25, 0.3) is 0 Å². The second kappa shape index (κ2) is 9.03. The number of aryl methyl sites for hydroxylation is 2. The Bertz CT molecular complexity index is 1150. The first kappa shape index (κ1) is 22.5. The van der Waals surface area contributed by atoms with Gasteiger partial charge in [0.05, 0.1) is 4.90 Å². The summed E-state index contributed by atoms with van der Waals surface area (Å²) in [5.41, 5.74) is 3.03. The summed E-state index contributed by atoms with van der Waals surface area (Å²) in [6, 6.07) is 12.3. The van der Waals surface area contributed by atoms with E-state index in [1.807, 2.05) is 38.1 Å². The Morgan fingerprint density at radius 1 is 1.12 bits per heavy atom. The predicted octanol–water partition coefficient (Wildman–Crippen LogP) is 3.48. The number of rotatable bonds is 5. The van der Waals surface area contributed by atoms with E-state index in [1.54, 1.807) is 22.5 Å². The molecule has 170 valence electrons. The van der Waals surface area contributed by atoms with Crippen LogP contribution < -0.4 is 10.2 Å². The van der Waals surface area contributed by atoms with Gasteiger partial charge in [0, 0.05) is 30.4 Å². The fourth-order valence-electron chi connectivity index (χ4n) is 4.48. The van der Waals surface area contributed by atoms with Gasteiger partial charge in [-0.1, -0.05) is 24.6 Å². The van der Waals surface area contributed by atoms with Gasteiger partial charge in [0.2, 0.25) is 21.8 Å². The predicted molar refractivity (Wildman–Crippen MR) is 124 cm³/mol. The Morgan fingerprint density at radius 2 is 1.91 bits per heavy atom. The zero-order chi connectivity index (χ0) is 22.9. The van der Waals surface area contributed by atoms with Gasteiger partial charge in [-0.3, -0.25) is 9.59 Å².